The first kappa shape index (κ1) is 14.0. The van der Waals surface area contributed by atoms with Crippen molar-refractivity contribution in [3.05, 3.63) is 35.4 Å². The summed E-state index contributed by atoms with van der Waals surface area (Å²) in [7, 11) is 1.64. The van der Waals surface area contributed by atoms with Gasteiger partial charge in [0.1, 0.15) is 0 Å². The van der Waals surface area contributed by atoms with E-state index in [0.29, 0.717) is 11.7 Å². The number of amides is 1. The number of rotatable bonds is 5. The lowest BCUT2D eigenvalue weighted by Crippen LogP contribution is -2.31. The van der Waals surface area contributed by atoms with Crippen LogP contribution in [0.1, 0.15) is 35.2 Å². The van der Waals surface area contributed by atoms with E-state index < -0.39 is 0 Å². The van der Waals surface area contributed by atoms with E-state index in [2.05, 4.69) is 10.6 Å². The molecule has 0 radical (unpaired) electrons. The highest BCUT2D eigenvalue weighted by Crippen LogP contribution is 2.12. The second-order valence-electron chi connectivity index (χ2n) is 4.90. The summed E-state index contributed by atoms with van der Waals surface area (Å²) in [4.78, 5) is 11.4. The van der Waals surface area contributed by atoms with Gasteiger partial charge in [-0.25, -0.2) is 0 Å². The maximum absolute atomic E-state index is 11.4. The first-order valence-electron chi connectivity index (χ1n) is 6.93. The van der Waals surface area contributed by atoms with Crippen LogP contribution in [0.4, 0.5) is 0 Å². The number of hydrogen-bond acceptors (Lipinski definition) is 3. The molecular weight excluding hydrogens is 240 g/mol. The normalized spacial score (nSPS) is 19.1. The van der Waals surface area contributed by atoms with E-state index in [4.69, 9.17) is 4.74 Å². The minimum Gasteiger partial charge on any atom is -0.377 e. The van der Waals surface area contributed by atoms with Crippen LogP contribution >= 0.6 is 0 Å². The molecule has 1 amide bonds. The smallest absolute Gasteiger partial charge is 0.251 e. The van der Waals surface area contributed by atoms with Crippen LogP contribution in [0.3, 0.4) is 0 Å². The number of nitrogens with one attached hydrogen (secondary N) is 2. The van der Waals surface area contributed by atoms with Crippen LogP contribution in [0, 0.1) is 0 Å². The lowest BCUT2D eigenvalue weighted by molar-refractivity contribution is 0.0168. The molecule has 2 rings (SSSR count). The van der Waals surface area contributed by atoms with E-state index >= 15 is 0 Å². The van der Waals surface area contributed by atoms with Gasteiger partial charge >= 0.3 is 0 Å². The average Bonchev–Trinajstić information content (AvgIpc) is 2.48. The lowest BCUT2D eigenvalue weighted by atomic mass is 10.1. The van der Waals surface area contributed by atoms with Crippen LogP contribution in [-0.4, -0.2) is 32.2 Å². The predicted octanol–water partition coefficient (Wildman–Crippen LogP) is 1.70. The highest BCUT2D eigenvalue weighted by atomic mass is 16.5. The Kier molecular flexibility index (Phi) is 5.36. The predicted molar refractivity (Wildman–Crippen MR) is 75.1 cm³/mol. The topological polar surface area (TPSA) is 50.4 Å². The SMILES string of the molecule is CNC(=O)c1ccc(CNCC2CCCCO2)cc1. The van der Waals surface area contributed by atoms with Crippen LogP contribution in [0.5, 0.6) is 0 Å². The average molecular weight is 262 g/mol. The molecule has 4 nitrogen and oxygen atoms in total. The molecular formula is C15H22N2O2. The molecule has 104 valence electrons. The third-order valence-corrected chi connectivity index (χ3v) is 3.42. The summed E-state index contributed by atoms with van der Waals surface area (Å²) in [6.45, 7) is 2.61. The molecule has 1 aromatic carbocycles. The molecule has 1 heterocycles. The maximum atomic E-state index is 11.4. The molecule has 0 bridgehead atoms. The van der Waals surface area contributed by atoms with Gasteiger partial charge < -0.3 is 15.4 Å². The van der Waals surface area contributed by atoms with Crippen LogP contribution in [0.2, 0.25) is 0 Å². The number of carbonyl (C=O) groups excluding carboxylic acids is 1. The second kappa shape index (κ2) is 7.26. The fraction of sp³-hybridized carbons (Fsp3) is 0.533. The van der Waals surface area contributed by atoms with Crippen molar-refractivity contribution in [3.63, 3.8) is 0 Å². The fourth-order valence-electron chi connectivity index (χ4n) is 2.26. The van der Waals surface area contributed by atoms with E-state index in [1.165, 1.54) is 18.4 Å². The maximum Gasteiger partial charge on any atom is 0.251 e. The Morgan fingerprint density at radius 2 is 2.11 bits per heavy atom. The van der Waals surface area contributed by atoms with Gasteiger partial charge in [0.2, 0.25) is 0 Å². The molecule has 0 aromatic heterocycles. The van der Waals surface area contributed by atoms with Crippen LogP contribution < -0.4 is 10.6 Å². The Labute approximate surface area is 114 Å². The number of hydrogen-bond donors (Lipinski definition) is 2. The van der Waals surface area contributed by atoms with Crippen molar-refractivity contribution in [2.75, 3.05) is 20.2 Å². The van der Waals surface area contributed by atoms with Crippen LogP contribution in [0.25, 0.3) is 0 Å². The minimum absolute atomic E-state index is 0.0462. The molecule has 1 fully saturated rings. The zero-order chi connectivity index (χ0) is 13.5. The number of ether oxygens (including phenoxy) is 1. The molecule has 1 unspecified atom stereocenters. The summed E-state index contributed by atoms with van der Waals surface area (Å²) in [6, 6.07) is 7.68. The van der Waals surface area contributed by atoms with Crippen molar-refractivity contribution in [2.45, 2.75) is 31.9 Å². The first-order chi connectivity index (χ1) is 9.29. The standard InChI is InChI=1S/C15H22N2O2/c1-16-15(18)13-7-5-12(6-8-13)10-17-11-14-4-2-3-9-19-14/h5-8,14,17H,2-4,9-11H2,1H3,(H,16,18). The largest absolute Gasteiger partial charge is 0.377 e. The Balaban J connectivity index is 1.75. The zero-order valence-corrected chi connectivity index (χ0v) is 11.4. The molecule has 19 heavy (non-hydrogen) atoms. The van der Waals surface area contributed by atoms with Crippen molar-refractivity contribution in [2.24, 2.45) is 0 Å². The Morgan fingerprint density at radius 3 is 2.74 bits per heavy atom. The number of carbonyl (C=O) groups is 1. The van der Waals surface area contributed by atoms with Gasteiger partial charge in [-0.3, -0.25) is 4.79 Å². The van der Waals surface area contributed by atoms with Crippen molar-refractivity contribution in [3.8, 4) is 0 Å². The monoisotopic (exact) mass is 262 g/mol. The van der Waals surface area contributed by atoms with E-state index in [1.807, 2.05) is 24.3 Å². The van der Waals surface area contributed by atoms with Gasteiger partial charge in [-0.1, -0.05) is 12.1 Å². The van der Waals surface area contributed by atoms with Gasteiger partial charge in [-0.15, -0.1) is 0 Å². The zero-order valence-electron chi connectivity index (χ0n) is 11.4. The van der Waals surface area contributed by atoms with E-state index in [9.17, 15) is 4.79 Å². The quantitative estimate of drug-likeness (QED) is 0.849. The molecule has 0 spiro atoms. The van der Waals surface area contributed by atoms with E-state index in [0.717, 1.165) is 26.1 Å². The third kappa shape index (κ3) is 4.33. The lowest BCUT2D eigenvalue weighted by Gasteiger charge is -2.22. The highest BCUT2D eigenvalue weighted by Gasteiger charge is 2.12. The summed E-state index contributed by atoms with van der Waals surface area (Å²) in [5.74, 6) is -0.0462. The van der Waals surface area contributed by atoms with Crippen molar-refractivity contribution in [1.82, 2.24) is 10.6 Å². The molecule has 4 heteroatoms. The van der Waals surface area contributed by atoms with Gasteiger partial charge in [0.05, 0.1) is 6.10 Å². The van der Waals surface area contributed by atoms with Gasteiger partial charge in [0, 0.05) is 32.3 Å². The van der Waals surface area contributed by atoms with Crippen molar-refractivity contribution >= 4 is 5.91 Å². The second-order valence-corrected chi connectivity index (χ2v) is 4.90. The third-order valence-electron chi connectivity index (χ3n) is 3.42. The summed E-state index contributed by atoms with van der Waals surface area (Å²) in [6.07, 6.45) is 3.98. The molecule has 1 aliphatic heterocycles. The summed E-state index contributed by atoms with van der Waals surface area (Å²) in [5, 5.41) is 6.02. The molecule has 1 saturated heterocycles. The highest BCUT2D eigenvalue weighted by molar-refractivity contribution is 5.93. The van der Waals surface area contributed by atoms with Gasteiger partial charge in [-0.05, 0) is 37.0 Å². The molecule has 0 aliphatic carbocycles. The summed E-state index contributed by atoms with van der Waals surface area (Å²) in [5.41, 5.74) is 1.88. The molecule has 2 N–H and O–H groups in total. The Bertz CT molecular complexity index is 397. The summed E-state index contributed by atoms with van der Waals surface area (Å²) < 4.78 is 5.67. The Hall–Kier alpha value is -1.39. The molecule has 0 saturated carbocycles. The van der Waals surface area contributed by atoms with Gasteiger partial charge in [0.25, 0.3) is 5.91 Å². The molecule has 1 aromatic rings. The van der Waals surface area contributed by atoms with Crippen molar-refractivity contribution in [1.29, 1.82) is 0 Å². The summed E-state index contributed by atoms with van der Waals surface area (Å²) >= 11 is 0. The number of benzene rings is 1. The fourth-order valence-corrected chi connectivity index (χ4v) is 2.26. The van der Waals surface area contributed by atoms with Crippen LogP contribution in [-0.2, 0) is 11.3 Å². The molecule has 1 aliphatic rings. The van der Waals surface area contributed by atoms with Gasteiger partial charge in [-0.2, -0.15) is 0 Å². The van der Waals surface area contributed by atoms with Crippen molar-refractivity contribution < 1.29 is 9.53 Å². The first-order valence-corrected chi connectivity index (χ1v) is 6.93. The minimum atomic E-state index is -0.0462. The van der Waals surface area contributed by atoms with Gasteiger partial charge in [0.15, 0.2) is 0 Å². The van der Waals surface area contributed by atoms with Crippen LogP contribution in [0.15, 0.2) is 24.3 Å². The molecule has 1 atom stereocenters. The Morgan fingerprint density at radius 1 is 1.32 bits per heavy atom. The van der Waals surface area contributed by atoms with E-state index in [1.54, 1.807) is 7.05 Å². The van der Waals surface area contributed by atoms with E-state index in [-0.39, 0.29) is 5.91 Å².